The van der Waals surface area contributed by atoms with E-state index in [0.717, 1.165) is 5.56 Å². The van der Waals surface area contributed by atoms with Gasteiger partial charge in [-0.05, 0) is 22.4 Å². The quantitative estimate of drug-likeness (QED) is 0.826. The molecule has 2 rings (SSSR count). The lowest BCUT2D eigenvalue weighted by atomic mass is 10.2. The van der Waals surface area contributed by atoms with Gasteiger partial charge in [0.2, 0.25) is 5.91 Å². The highest BCUT2D eigenvalue weighted by atomic mass is 32.1. The van der Waals surface area contributed by atoms with Crippen LogP contribution in [-0.2, 0) is 11.3 Å². The number of hydrogen-bond acceptors (Lipinski definition) is 2. The average molecular weight is 245 g/mol. The first-order valence-corrected chi connectivity index (χ1v) is 6.18. The van der Waals surface area contributed by atoms with Crippen molar-refractivity contribution in [3.8, 4) is 0 Å². The van der Waals surface area contributed by atoms with Crippen LogP contribution in [0.15, 0.2) is 65.9 Å². The third-order valence-corrected chi connectivity index (χ3v) is 2.55. The minimum Gasteiger partial charge on any atom is -0.348 e. The molecule has 0 saturated heterocycles. The third-order valence-electron chi connectivity index (χ3n) is 1.92. The van der Waals surface area contributed by atoms with E-state index < -0.39 is 0 Å². The molecule has 0 unspecified atom stereocenters. The van der Waals surface area contributed by atoms with Crippen LogP contribution < -0.4 is 5.32 Å². The SMILES string of the molecule is C=CC(=O)NCc1ccccc1.c1ccsc1. The van der Waals surface area contributed by atoms with Crippen molar-refractivity contribution in [2.75, 3.05) is 0 Å². The lowest BCUT2D eigenvalue weighted by Gasteiger charge is -2.00. The Bertz CT molecular complexity index is 406. The van der Waals surface area contributed by atoms with E-state index in [0.29, 0.717) is 6.54 Å². The van der Waals surface area contributed by atoms with Crippen LogP contribution in [0.4, 0.5) is 0 Å². The molecule has 1 aromatic carbocycles. The number of carbonyl (C=O) groups excluding carboxylic acids is 1. The lowest BCUT2D eigenvalue weighted by molar-refractivity contribution is -0.116. The van der Waals surface area contributed by atoms with Crippen LogP contribution in [0.25, 0.3) is 0 Å². The summed E-state index contributed by atoms with van der Waals surface area (Å²) in [5, 5.41) is 6.77. The number of benzene rings is 1. The van der Waals surface area contributed by atoms with Crippen LogP contribution in [0, 0.1) is 0 Å². The Hall–Kier alpha value is -1.87. The monoisotopic (exact) mass is 245 g/mol. The maximum atomic E-state index is 10.8. The highest BCUT2D eigenvalue weighted by Gasteiger charge is 1.93. The molecule has 1 heterocycles. The van der Waals surface area contributed by atoms with Crippen molar-refractivity contribution < 1.29 is 4.79 Å². The van der Waals surface area contributed by atoms with Gasteiger partial charge in [-0.1, -0.05) is 49.0 Å². The number of nitrogens with one attached hydrogen (secondary N) is 1. The molecule has 0 bridgehead atoms. The maximum Gasteiger partial charge on any atom is 0.243 e. The molecule has 2 nitrogen and oxygen atoms in total. The van der Waals surface area contributed by atoms with Crippen molar-refractivity contribution in [1.82, 2.24) is 5.32 Å². The summed E-state index contributed by atoms with van der Waals surface area (Å²) < 4.78 is 0. The van der Waals surface area contributed by atoms with Crippen LogP contribution in [-0.4, -0.2) is 5.91 Å². The lowest BCUT2D eigenvalue weighted by Crippen LogP contribution is -2.19. The second-order valence-electron chi connectivity index (χ2n) is 3.20. The summed E-state index contributed by atoms with van der Waals surface area (Å²) in [7, 11) is 0. The van der Waals surface area contributed by atoms with E-state index in [1.807, 2.05) is 53.2 Å². The molecule has 0 aliphatic heterocycles. The zero-order valence-corrected chi connectivity index (χ0v) is 10.3. The molecule has 1 N–H and O–H groups in total. The largest absolute Gasteiger partial charge is 0.348 e. The minimum absolute atomic E-state index is 0.140. The van der Waals surface area contributed by atoms with Crippen molar-refractivity contribution in [3.05, 3.63) is 71.4 Å². The van der Waals surface area contributed by atoms with Gasteiger partial charge >= 0.3 is 0 Å². The van der Waals surface area contributed by atoms with E-state index in [1.165, 1.54) is 6.08 Å². The van der Waals surface area contributed by atoms with Gasteiger partial charge in [0.15, 0.2) is 0 Å². The third kappa shape index (κ3) is 6.33. The van der Waals surface area contributed by atoms with Gasteiger partial charge in [-0.3, -0.25) is 4.79 Å². The predicted octanol–water partition coefficient (Wildman–Crippen LogP) is 3.24. The van der Waals surface area contributed by atoms with Crippen molar-refractivity contribution in [1.29, 1.82) is 0 Å². The Balaban J connectivity index is 0.000000239. The fraction of sp³-hybridized carbons (Fsp3) is 0.0714. The van der Waals surface area contributed by atoms with Crippen molar-refractivity contribution in [2.24, 2.45) is 0 Å². The van der Waals surface area contributed by atoms with E-state index in [-0.39, 0.29) is 5.91 Å². The molecule has 0 aliphatic carbocycles. The van der Waals surface area contributed by atoms with Gasteiger partial charge in [0.1, 0.15) is 0 Å². The van der Waals surface area contributed by atoms with Gasteiger partial charge in [-0.25, -0.2) is 0 Å². The zero-order chi connectivity index (χ0) is 12.3. The van der Waals surface area contributed by atoms with E-state index >= 15 is 0 Å². The maximum absolute atomic E-state index is 10.8. The summed E-state index contributed by atoms with van der Waals surface area (Å²) in [5.74, 6) is -0.140. The number of hydrogen-bond donors (Lipinski definition) is 1. The molecule has 88 valence electrons. The molecule has 1 amide bonds. The van der Waals surface area contributed by atoms with Crippen LogP contribution in [0.3, 0.4) is 0 Å². The summed E-state index contributed by atoms with van der Waals surface area (Å²) in [6.45, 7) is 3.92. The molecular weight excluding hydrogens is 230 g/mol. The second kappa shape index (κ2) is 8.30. The first-order valence-electron chi connectivity index (χ1n) is 5.24. The zero-order valence-electron chi connectivity index (χ0n) is 9.50. The molecule has 0 spiro atoms. The van der Waals surface area contributed by atoms with Crippen LogP contribution in [0.5, 0.6) is 0 Å². The second-order valence-corrected chi connectivity index (χ2v) is 4.02. The Morgan fingerprint density at radius 1 is 1.18 bits per heavy atom. The predicted molar refractivity (Wildman–Crippen MR) is 72.8 cm³/mol. The normalized spacial score (nSPS) is 8.71. The Labute approximate surface area is 106 Å². The van der Waals surface area contributed by atoms with E-state index in [1.54, 1.807) is 11.3 Å². The summed E-state index contributed by atoms with van der Waals surface area (Å²) in [5.41, 5.74) is 1.09. The molecule has 2 aromatic rings. The van der Waals surface area contributed by atoms with Crippen LogP contribution in [0.2, 0.25) is 0 Å². The van der Waals surface area contributed by atoms with Gasteiger partial charge in [0, 0.05) is 6.54 Å². The number of amides is 1. The Kier molecular flexibility index (Phi) is 6.44. The minimum atomic E-state index is -0.140. The number of rotatable bonds is 3. The fourth-order valence-electron chi connectivity index (χ4n) is 1.08. The fourth-order valence-corrected chi connectivity index (χ4v) is 1.54. The van der Waals surface area contributed by atoms with E-state index in [4.69, 9.17) is 0 Å². The first-order chi connectivity index (χ1) is 8.33. The van der Waals surface area contributed by atoms with Gasteiger partial charge in [-0.2, -0.15) is 11.3 Å². The molecule has 0 saturated carbocycles. The molecule has 17 heavy (non-hydrogen) atoms. The number of carbonyl (C=O) groups is 1. The molecule has 3 heteroatoms. The van der Waals surface area contributed by atoms with Crippen molar-refractivity contribution in [2.45, 2.75) is 6.54 Å². The molecule has 0 atom stereocenters. The van der Waals surface area contributed by atoms with Gasteiger partial charge < -0.3 is 5.32 Å². The summed E-state index contributed by atoms with van der Waals surface area (Å²) in [6, 6.07) is 13.8. The summed E-state index contributed by atoms with van der Waals surface area (Å²) >= 11 is 1.71. The van der Waals surface area contributed by atoms with Crippen LogP contribution in [0.1, 0.15) is 5.56 Å². The van der Waals surface area contributed by atoms with Gasteiger partial charge in [-0.15, -0.1) is 0 Å². The highest BCUT2D eigenvalue weighted by molar-refractivity contribution is 7.07. The Morgan fingerprint density at radius 2 is 1.82 bits per heavy atom. The summed E-state index contributed by atoms with van der Waals surface area (Å²) in [4.78, 5) is 10.8. The topological polar surface area (TPSA) is 29.1 Å². The first kappa shape index (κ1) is 13.2. The highest BCUT2D eigenvalue weighted by Crippen LogP contribution is 1.96. The molecule has 0 aliphatic rings. The van der Waals surface area contributed by atoms with Gasteiger partial charge in [0.05, 0.1) is 0 Å². The van der Waals surface area contributed by atoms with Crippen molar-refractivity contribution in [3.63, 3.8) is 0 Å². The van der Waals surface area contributed by atoms with Crippen molar-refractivity contribution >= 4 is 17.2 Å². The van der Waals surface area contributed by atoms with Gasteiger partial charge in [0.25, 0.3) is 0 Å². The summed E-state index contributed by atoms with van der Waals surface area (Å²) in [6.07, 6.45) is 1.27. The standard InChI is InChI=1S/C10H11NO.C4H4S/c1-2-10(12)11-8-9-6-4-3-5-7-9;1-2-4-5-3-1/h2-7H,1,8H2,(H,11,12);1-4H. The van der Waals surface area contributed by atoms with E-state index in [2.05, 4.69) is 11.9 Å². The average Bonchev–Trinajstić information content (AvgIpc) is 2.96. The molecule has 1 aromatic heterocycles. The Morgan fingerprint density at radius 3 is 2.29 bits per heavy atom. The smallest absolute Gasteiger partial charge is 0.243 e. The molecular formula is C14H15NOS. The molecule has 0 fully saturated rings. The number of thiophene rings is 1. The molecule has 0 radical (unpaired) electrons. The van der Waals surface area contributed by atoms with E-state index in [9.17, 15) is 4.79 Å². The van der Waals surface area contributed by atoms with Crippen LogP contribution >= 0.6 is 11.3 Å².